The van der Waals surface area contributed by atoms with Crippen molar-refractivity contribution in [1.29, 1.82) is 0 Å². The van der Waals surface area contributed by atoms with Crippen LogP contribution in [0, 0.1) is 0 Å². The summed E-state index contributed by atoms with van der Waals surface area (Å²) < 4.78 is 6.41. The molecule has 4 aromatic rings. The average Bonchev–Trinajstić information content (AvgIpc) is 2.80. The van der Waals surface area contributed by atoms with E-state index in [0.29, 0.717) is 22.2 Å². The molecule has 0 aliphatic heterocycles. The molecule has 0 unspecified atom stereocenters. The Balaban J connectivity index is 1.86. The summed E-state index contributed by atoms with van der Waals surface area (Å²) in [5.74, 6) is -0.173. The molecule has 150 valence electrons. The van der Waals surface area contributed by atoms with Gasteiger partial charge in [0.2, 0.25) is 0 Å². The van der Waals surface area contributed by atoms with Crippen molar-refractivity contribution in [1.82, 2.24) is 9.88 Å². The van der Waals surface area contributed by atoms with E-state index in [2.05, 4.69) is 5.32 Å². The van der Waals surface area contributed by atoms with Crippen molar-refractivity contribution in [2.75, 3.05) is 7.11 Å². The normalized spacial score (nSPS) is 10.7. The summed E-state index contributed by atoms with van der Waals surface area (Å²) in [7, 11) is 1.55. The summed E-state index contributed by atoms with van der Waals surface area (Å²) in [6.45, 7) is 0.267. The third-order valence-corrected chi connectivity index (χ3v) is 4.91. The number of nitrogens with zero attached hydrogens (tertiary/aromatic N) is 1. The minimum atomic E-state index is -0.546. The lowest BCUT2D eigenvalue weighted by Gasteiger charge is -2.17. The number of rotatable bonds is 5. The van der Waals surface area contributed by atoms with E-state index in [9.17, 15) is 14.7 Å². The first kappa shape index (κ1) is 19.3. The zero-order chi connectivity index (χ0) is 21.1. The highest BCUT2D eigenvalue weighted by Crippen LogP contribution is 2.28. The number of carbonyl (C=O) groups excluding carboxylic acids is 1. The smallest absolute Gasteiger partial charge is 0.272 e. The van der Waals surface area contributed by atoms with Gasteiger partial charge < -0.3 is 15.2 Å². The number of aromatic nitrogens is 1. The third kappa shape index (κ3) is 3.51. The summed E-state index contributed by atoms with van der Waals surface area (Å²) in [4.78, 5) is 26.4. The van der Waals surface area contributed by atoms with E-state index < -0.39 is 11.5 Å². The molecule has 0 spiro atoms. The molecule has 0 fully saturated rings. The number of pyridine rings is 1. The average molecular weight is 400 g/mol. The fraction of sp³-hybridized carbons (Fsp3) is 0.0833. The predicted octanol–water partition coefficient (Wildman–Crippen LogP) is 3.63. The molecular weight excluding hydrogens is 380 g/mol. The Morgan fingerprint density at radius 1 is 0.933 bits per heavy atom. The number of fused-ring (bicyclic) bond motifs is 1. The van der Waals surface area contributed by atoms with Crippen LogP contribution in [0.5, 0.6) is 11.5 Å². The van der Waals surface area contributed by atoms with Crippen molar-refractivity contribution >= 4 is 16.7 Å². The van der Waals surface area contributed by atoms with Crippen molar-refractivity contribution in [3.63, 3.8) is 0 Å². The lowest BCUT2D eigenvalue weighted by atomic mass is 10.1. The van der Waals surface area contributed by atoms with Crippen LogP contribution in [0.2, 0.25) is 0 Å². The van der Waals surface area contributed by atoms with E-state index in [0.717, 1.165) is 5.56 Å². The van der Waals surface area contributed by atoms with Crippen LogP contribution in [0.25, 0.3) is 16.5 Å². The van der Waals surface area contributed by atoms with E-state index in [1.165, 1.54) is 4.57 Å². The summed E-state index contributed by atoms with van der Waals surface area (Å²) in [5, 5.41) is 14.4. The van der Waals surface area contributed by atoms with Crippen LogP contribution in [-0.2, 0) is 6.54 Å². The van der Waals surface area contributed by atoms with Crippen molar-refractivity contribution < 1.29 is 14.6 Å². The molecule has 0 bridgehead atoms. The van der Waals surface area contributed by atoms with E-state index >= 15 is 0 Å². The van der Waals surface area contributed by atoms with Crippen molar-refractivity contribution in [3.8, 4) is 17.2 Å². The second-order valence-corrected chi connectivity index (χ2v) is 6.75. The van der Waals surface area contributed by atoms with Crippen LogP contribution in [0.1, 0.15) is 16.1 Å². The lowest BCUT2D eigenvalue weighted by molar-refractivity contribution is 0.0940. The molecule has 2 N–H and O–H groups in total. The van der Waals surface area contributed by atoms with Gasteiger partial charge in [0.25, 0.3) is 11.5 Å². The van der Waals surface area contributed by atoms with Gasteiger partial charge in [0.15, 0.2) is 11.4 Å². The highest BCUT2D eigenvalue weighted by atomic mass is 16.5. The Hall–Kier alpha value is -4.06. The number of amides is 1. The van der Waals surface area contributed by atoms with E-state index in [1.807, 2.05) is 30.3 Å². The number of benzene rings is 3. The number of hydrogen-bond acceptors (Lipinski definition) is 4. The molecule has 0 saturated heterocycles. The van der Waals surface area contributed by atoms with Gasteiger partial charge in [0.1, 0.15) is 5.75 Å². The second kappa shape index (κ2) is 8.13. The fourth-order valence-corrected chi connectivity index (χ4v) is 3.38. The first-order chi connectivity index (χ1) is 14.6. The molecule has 1 amide bonds. The number of methoxy groups -OCH3 is 1. The quantitative estimate of drug-likeness (QED) is 0.536. The maximum Gasteiger partial charge on any atom is 0.272 e. The molecule has 0 radical (unpaired) electrons. The molecule has 1 heterocycles. The van der Waals surface area contributed by atoms with Gasteiger partial charge in [-0.3, -0.25) is 14.2 Å². The summed E-state index contributed by atoms with van der Waals surface area (Å²) in [6.07, 6.45) is 0. The highest BCUT2D eigenvalue weighted by molar-refractivity contribution is 6.02. The van der Waals surface area contributed by atoms with Crippen LogP contribution < -0.4 is 15.6 Å². The van der Waals surface area contributed by atoms with Gasteiger partial charge in [-0.15, -0.1) is 0 Å². The van der Waals surface area contributed by atoms with Gasteiger partial charge in [-0.05, 0) is 35.9 Å². The third-order valence-electron chi connectivity index (χ3n) is 4.91. The van der Waals surface area contributed by atoms with Gasteiger partial charge in [-0.1, -0.05) is 48.5 Å². The molecule has 4 rings (SSSR count). The first-order valence-corrected chi connectivity index (χ1v) is 9.43. The number of aromatic hydroxyl groups is 1. The molecule has 0 saturated carbocycles. The van der Waals surface area contributed by atoms with Crippen LogP contribution in [0.3, 0.4) is 0 Å². The lowest BCUT2D eigenvalue weighted by Crippen LogP contribution is -2.31. The summed E-state index contributed by atoms with van der Waals surface area (Å²) in [6, 6.07) is 22.8. The number of ether oxygens (including phenoxy) is 1. The number of hydrogen-bond donors (Lipinski definition) is 2. The molecule has 0 aliphatic carbocycles. The van der Waals surface area contributed by atoms with Crippen molar-refractivity contribution in [2.24, 2.45) is 0 Å². The van der Waals surface area contributed by atoms with Crippen molar-refractivity contribution in [2.45, 2.75) is 6.54 Å². The van der Waals surface area contributed by atoms with E-state index in [-0.39, 0.29) is 18.0 Å². The van der Waals surface area contributed by atoms with Crippen LogP contribution >= 0.6 is 0 Å². The van der Waals surface area contributed by atoms with Gasteiger partial charge in [-0.25, -0.2) is 0 Å². The highest BCUT2D eigenvalue weighted by Gasteiger charge is 2.23. The van der Waals surface area contributed by atoms with Gasteiger partial charge in [0.05, 0.1) is 12.5 Å². The SMILES string of the molecule is COc1ccc(-n2c(C(=O)NCc3ccccc3)c(O)c3ccccc3c2=O)cc1. The largest absolute Gasteiger partial charge is 0.505 e. The van der Waals surface area contributed by atoms with Gasteiger partial charge in [-0.2, -0.15) is 0 Å². The maximum absolute atomic E-state index is 13.3. The standard InChI is InChI=1S/C24H20N2O4/c1-30-18-13-11-17(12-14-18)26-21(23(28)25-15-16-7-3-2-4-8-16)22(27)19-9-5-6-10-20(19)24(26)29/h2-14,27H,15H2,1H3,(H,25,28). The monoisotopic (exact) mass is 400 g/mol. The van der Waals surface area contributed by atoms with Crippen LogP contribution in [0.15, 0.2) is 83.7 Å². The van der Waals surface area contributed by atoms with Crippen molar-refractivity contribution in [3.05, 3.63) is 100 Å². The molecule has 6 heteroatoms. The molecule has 30 heavy (non-hydrogen) atoms. The zero-order valence-electron chi connectivity index (χ0n) is 16.3. The zero-order valence-corrected chi connectivity index (χ0v) is 16.3. The van der Waals surface area contributed by atoms with E-state index in [4.69, 9.17) is 4.74 Å². The minimum absolute atomic E-state index is 0.111. The Morgan fingerprint density at radius 3 is 2.23 bits per heavy atom. The molecule has 0 atom stereocenters. The van der Waals surface area contributed by atoms with Crippen LogP contribution in [0.4, 0.5) is 0 Å². The molecule has 6 nitrogen and oxygen atoms in total. The predicted molar refractivity (Wildman–Crippen MR) is 115 cm³/mol. The Morgan fingerprint density at radius 2 is 1.57 bits per heavy atom. The molecular formula is C24H20N2O4. The summed E-state index contributed by atoms with van der Waals surface area (Å²) >= 11 is 0. The van der Waals surface area contributed by atoms with Crippen LogP contribution in [-0.4, -0.2) is 22.7 Å². The van der Waals surface area contributed by atoms with E-state index in [1.54, 1.807) is 55.6 Å². The summed E-state index contributed by atoms with van der Waals surface area (Å²) in [5.41, 5.74) is 0.856. The second-order valence-electron chi connectivity index (χ2n) is 6.75. The topological polar surface area (TPSA) is 80.6 Å². The first-order valence-electron chi connectivity index (χ1n) is 9.43. The minimum Gasteiger partial charge on any atom is -0.505 e. The Bertz CT molecular complexity index is 1260. The van der Waals surface area contributed by atoms with Gasteiger partial charge >= 0.3 is 0 Å². The number of nitrogens with one attached hydrogen (secondary N) is 1. The molecule has 1 aromatic heterocycles. The maximum atomic E-state index is 13.3. The Labute approximate surface area is 173 Å². The number of carbonyl (C=O) groups is 1. The van der Waals surface area contributed by atoms with Gasteiger partial charge in [0, 0.05) is 17.6 Å². The fourth-order valence-electron chi connectivity index (χ4n) is 3.38. The molecule has 3 aromatic carbocycles. The molecule has 0 aliphatic rings. The Kier molecular flexibility index (Phi) is 5.22.